The van der Waals surface area contributed by atoms with Gasteiger partial charge in [-0.25, -0.2) is 4.79 Å². The second-order valence-electron chi connectivity index (χ2n) is 7.66. The summed E-state index contributed by atoms with van der Waals surface area (Å²) < 4.78 is 11.0. The van der Waals surface area contributed by atoms with Crippen LogP contribution in [0.25, 0.3) is 0 Å². The second-order valence-corrected chi connectivity index (χ2v) is 7.66. The zero-order valence-electron chi connectivity index (χ0n) is 18.8. The van der Waals surface area contributed by atoms with Gasteiger partial charge in [-0.1, -0.05) is 52.4 Å². The third kappa shape index (κ3) is 9.24. The van der Waals surface area contributed by atoms with Crippen LogP contribution in [0, 0.1) is 0 Å². The van der Waals surface area contributed by atoms with Crippen LogP contribution in [0.3, 0.4) is 0 Å². The summed E-state index contributed by atoms with van der Waals surface area (Å²) in [7, 11) is 0. The van der Waals surface area contributed by atoms with Gasteiger partial charge in [0.1, 0.15) is 5.75 Å². The van der Waals surface area contributed by atoms with Crippen molar-refractivity contribution in [3.63, 3.8) is 0 Å². The standard InChI is InChI=1S/C26H35NO4/c1-3-5-7-9-19-30-24-17-13-21(14-18-24)25(28)27-23-15-11-22(12-16-23)26(29)31-20-10-8-6-4-2/h11-18H,3-10,19-20H2,1-2H3,(H,27,28). The second kappa shape index (κ2) is 14.2. The Hall–Kier alpha value is -2.82. The molecule has 0 aromatic heterocycles. The van der Waals surface area contributed by atoms with Crippen molar-refractivity contribution < 1.29 is 19.1 Å². The molecule has 2 rings (SSSR count). The van der Waals surface area contributed by atoms with Crippen LogP contribution in [0.4, 0.5) is 5.69 Å². The number of benzene rings is 2. The van der Waals surface area contributed by atoms with Crippen molar-refractivity contribution in [2.45, 2.75) is 65.2 Å². The summed E-state index contributed by atoms with van der Waals surface area (Å²) in [5.74, 6) is 0.228. The first-order valence-corrected chi connectivity index (χ1v) is 11.5. The molecule has 5 nitrogen and oxygen atoms in total. The highest BCUT2D eigenvalue weighted by atomic mass is 16.5. The molecule has 1 N–H and O–H groups in total. The third-order valence-corrected chi connectivity index (χ3v) is 4.99. The molecule has 0 spiro atoms. The molecule has 0 fully saturated rings. The van der Waals surface area contributed by atoms with Crippen LogP contribution in [0.15, 0.2) is 48.5 Å². The molecule has 5 heteroatoms. The number of ether oxygens (including phenoxy) is 2. The molecule has 2 aromatic carbocycles. The zero-order chi connectivity index (χ0) is 22.3. The Morgan fingerprint density at radius 3 is 1.90 bits per heavy atom. The van der Waals surface area contributed by atoms with Gasteiger partial charge in [-0.15, -0.1) is 0 Å². The van der Waals surface area contributed by atoms with Crippen molar-refractivity contribution in [2.75, 3.05) is 18.5 Å². The molecule has 0 radical (unpaired) electrons. The molecular formula is C26H35NO4. The number of esters is 1. The van der Waals surface area contributed by atoms with E-state index in [2.05, 4.69) is 19.2 Å². The summed E-state index contributed by atoms with van der Waals surface area (Å²) >= 11 is 0. The molecule has 0 aliphatic carbocycles. The lowest BCUT2D eigenvalue weighted by molar-refractivity contribution is 0.0497. The summed E-state index contributed by atoms with van der Waals surface area (Å²) in [5.41, 5.74) is 1.66. The van der Waals surface area contributed by atoms with E-state index in [9.17, 15) is 9.59 Å². The lowest BCUT2D eigenvalue weighted by Gasteiger charge is -2.09. The van der Waals surface area contributed by atoms with Crippen molar-refractivity contribution in [2.24, 2.45) is 0 Å². The predicted octanol–water partition coefficient (Wildman–Crippen LogP) is 6.64. The number of amides is 1. The van der Waals surface area contributed by atoms with Gasteiger partial charge in [0.2, 0.25) is 0 Å². The number of unbranched alkanes of at least 4 members (excludes halogenated alkanes) is 6. The Morgan fingerprint density at radius 1 is 0.710 bits per heavy atom. The van der Waals surface area contributed by atoms with Gasteiger partial charge in [0, 0.05) is 11.3 Å². The van der Waals surface area contributed by atoms with Gasteiger partial charge in [-0.05, 0) is 61.4 Å². The van der Waals surface area contributed by atoms with E-state index in [1.807, 2.05) is 12.1 Å². The SMILES string of the molecule is CCCCCCOC(=O)c1ccc(NC(=O)c2ccc(OCCCCCC)cc2)cc1. The first-order chi connectivity index (χ1) is 15.1. The van der Waals surface area contributed by atoms with Crippen molar-refractivity contribution in [3.05, 3.63) is 59.7 Å². The number of carbonyl (C=O) groups excluding carboxylic acids is 2. The quantitative estimate of drug-likeness (QED) is 0.272. The Balaban J connectivity index is 1.78. The van der Waals surface area contributed by atoms with E-state index in [1.54, 1.807) is 36.4 Å². The average molecular weight is 426 g/mol. The summed E-state index contributed by atoms with van der Waals surface area (Å²) in [6.07, 6.45) is 8.90. The lowest BCUT2D eigenvalue weighted by Crippen LogP contribution is -2.12. The fourth-order valence-electron chi connectivity index (χ4n) is 3.09. The molecule has 0 unspecified atom stereocenters. The van der Waals surface area contributed by atoms with E-state index in [0.717, 1.165) is 37.9 Å². The molecule has 31 heavy (non-hydrogen) atoms. The molecule has 0 aliphatic rings. The summed E-state index contributed by atoms with van der Waals surface area (Å²) in [6, 6.07) is 13.9. The molecule has 168 valence electrons. The number of anilines is 1. The molecular weight excluding hydrogens is 390 g/mol. The van der Waals surface area contributed by atoms with Gasteiger partial charge in [-0.2, -0.15) is 0 Å². The van der Waals surface area contributed by atoms with E-state index in [-0.39, 0.29) is 11.9 Å². The van der Waals surface area contributed by atoms with E-state index in [1.165, 1.54) is 19.3 Å². The number of hydrogen-bond donors (Lipinski definition) is 1. The van der Waals surface area contributed by atoms with E-state index in [0.29, 0.717) is 30.0 Å². The maximum absolute atomic E-state index is 12.5. The maximum Gasteiger partial charge on any atom is 0.338 e. The molecule has 0 saturated heterocycles. The van der Waals surface area contributed by atoms with Gasteiger partial charge in [0.15, 0.2) is 0 Å². The Kier molecular flexibility index (Phi) is 11.2. The van der Waals surface area contributed by atoms with Gasteiger partial charge in [0.25, 0.3) is 5.91 Å². The first-order valence-electron chi connectivity index (χ1n) is 11.5. The van der Waals surface area contributed by atoms with E-state index in [4.69, 9.17) is 9.47 Å². The topological polar surface area (TPSA) is 64.6 Å². The lowest BCUT2D eigenvalue weighted by atomic mass is 10.1. The van der Waals surface area contributed by atoms with Crippen LogP contribution in [-0.2, 0) is 4.74 Å². The summed E-state index contributed by atoms with van der Waals surface area (Å²) in [6.45, 7) is 5.46. The molecule has 0 bridgehead atoms. The highest BCUT2D eigenvalue weighted by molar-refractivity contribution is 6.04. The Bertz CT molecular complexity index is 784. The Morgan fingerprint density at radius 2 is 1.29 bits per heavy atom. The zero-order valence-corrected chi connectivity index (χ0v) is 18.8. The minimum absolute atomic E-state index is 0.208. The molecule has 0 aliphatic heterocycles. The monoisotopic (exact) mass is 425 g/mol. The fourth-order valence-corrected chi connectivity index (χ4v) is 3.09. The predicted molar refractivity (Wildman–Crippen MR) is 125 cm³/mol. The van der Waals surface area contributed by atoms with Crippen molar-refractivity contribution in [3.8, 4) is 5.75 Å². The van der Waals surface area contributed by atoms with Crippen molar-refractivity contribution in [1.82, 2.24) is 0 Å². The highest BCUT2D eigenvalue weighted by Gasteiger charge is 2.09. The molecule has 0 heterocycles. The minimum atomic E-state index is -0.334. The molecule has 0 saturated carbocycles. The van der Waals surface area contributed by atoms with E-state index >= 15 is 0 Å². The van der Waals surface area contributed by atoms with Gasteiger partial charge in [-0.3, -0.25) is 4.79 Å². The minimum Gasteiger partial charge on any atom is -0.494 e. The number of rotatable bonds is 14. The van der Waals surface area contributed by atoms with Crippen LogP contribution in [-0.4, -0.2) is 25.1 Å². The molecule has 1 amide bonds. The van der Waals surface area contributed by atoms with Gasteiger partial charge < -0.3 is 14.8 Å². The van der Waals surface area contributed by atoms with Gasteiger partial charge >= 0.3 is 5.97 Å². The van der Waals surface area contributed by atoms with Crippen LogP contribution in [0.5, 0.6) is 5.75 Å². The highest BCUT2D eigenvalue weighted by Crippen LogP contribution is 2.16. The van der Waals surface area contributed by atoms with Crippen molar-refractivity contribution in [1.29, 1.82) is 0 Å². The fraction of sp³-hybridized carbons (Fsp3) is 0.462. The average Bonchev–Trinajstić information content (AvgIpc) is 2.79. The Labute approximate surface area is 186 Å². The molecule has 0 atom stereocenters. The normalized spacial score (nSPS) is 10.5. The maximum atomic E-state index is 12.5. The van der Waals surface area contributed by atoms with E-state index < -0.39 is 0 Å². The first kappa shape index (κ1) is 24.4. The summed E-state index contributed by atoms with van der Waals surface area (Å²) in [5, 5.41) is 2.84. The van der Waals surface area contributed by atoms with Crippen molar-refractivity contribution >= 4 is 17.6 Å². The summed E-state index contributed by atoms with van der Waals surface area (Å²) in [4.78, 5) is 24.5. The molecule has 2 aromatic rings. The van der Waals surface area contributed by atoms with Gasteiger partial charge in [0.05, 0.1) is 18.8 Å². The smallest absolute Gasteiger partial charge is 0.338 e. The van der Waals surface area contributed by atoms with Crippen LogP contribution >= 0.6 is 0 Å². The van der Waals surface area contributed by atoms with Crippen LogP contribution in [0.1, 0.15) is 85.9 Å². The number of carbonyl (C=O) groups is 2. The largest absolute Gasteiger partial charge is 0.494 e. The van der Waals surface area contributed by atoms with Crippen LogP contribution in [0.2, 0.25) is 0 Å². The third-order valence-electron chi connectivity index (χ3n) is 4.99. The van der Waals surface area contributed by atoms with Crippen LogP contribution < -0.4 is 10.1 Å². The number of hydrogen-bond acceptors (Lipinski definition) is 4. The number of nitrogens with one attached hydrogen (secondary N) is 1.